The van der Waals surface area contributed by atoms with Crippen LogP contribution in [0, 0.1) is 0 Å². The predicted octanol–water partition coefficient (Wildman–Crippen LogP) is 5.14. The molecule has 4 nitrogen and oxygen atoms in total. The molecular formula is C21H19NO3. The van der Waals surface area contributed by atoms with Crippen LogP contribution in [0.15, 0.2) is 48.5 Å². The number of hydrogen-bond donors (Lipinski definition) is 2. The number of phenolic OH excluding ortho intramolecular Hbond substituents is 1. The van der Waals surface area contributed by atoms with Gasteiger partial charge in [0.1, 0.15) is 16.9 Å². The Hall–Kier alpha value is -3.01. The lowest BCUT2D eigenvalue weighted by Gasteiger charge is -2.20. The number of aromatic nitrogens is 1. The van der Waals surface area contributed by atoms with Gasteiger partial charge in [-0.05, 0) is 44.4 Å². The van der Waals surface area contributed by atoms with Gasteiger partial charge in [0.05, 0.1) is 5.52 Å². The zero-order valence-electron chi connectivity index (χ0n) is 14.4. The Kier molecular flexibility index (Phi) is 3.25. The van der Waals surface area contributed by atoms with Crippen LogP contribution in [0.25, 0.3) is 32.6 Å². The summed E-state index contributed by atoms with van der Waals surface area (Å²) in [4.78, 5) is 15.7. The number of hydrogen-bond acceptors (Lipinski definition) is 3. The maximum Gasteiger partial charge on any atom is 0.342 e. The van der Waals surface area contributed by atoms with Crippen molar-refractivity contribution in [2.75, 3.05) is 0 Å². The number of ether oxygens (including phenoxy) is 1. The Morgan fingerprint density at radius 2 is 1.76 bits per heavy atom. The van der Waals surface area contributed by atoms with Crippen molar-refractivity contribution in [1.29, 1.82) is 0 Å². The average Bonchev–Trinajstić information content (AvgIpc) is 2.91. The molecule has 0 aliphatic carbocycles. The number of H-pyrrole nitrogens is 1. The maximum atomic E-state index is 12.3. The van der Waals surface area contributed by atoms with Gasteiger partial charge in [-0.2, -0.15) is 0 Å². The fourth-order valence-electron chi connectivity index (χ4n) is 3.18. The first-order valence-corrected chi connectivity index (χ1v) is 8.23. The molecule has 1 heterocycles. The van der Waals surface area contributed by atoms with E-state index in [2.05, 4.69) is 11.1 Å². The molecule has 0 aliphatic rings. The van der Waals surface area contributed by atoms with E-state index in [0.29, 0.717) is 0 Å². The van der Waals surface area contributed by atoms with Crippen LogP contribution >= 0.6 is 0 Å². The number of phenols is 1. The van der Waals surface area contributed by atoms with Gasteiger partial charge in [0.25, 0.3) is 0 Å². The van der Waals surface area contributed by atoms with Crippen LogP contribution in [0.5, 0.6) is 5.75 Å². The van der Waals surface area contributed by atoms with E-state index in [1.54, 1.807) is 32.9 Å². The van der Waals surface area contributed by atoms with Crippen LogP contribution in [-0.4, -0.2) is 21.7 Å². The van der Waals surface area contributed by atoms with Crippen LogP contribution in [-0.2, 0) is 4.74 Å². The van der Waals surface area contributed by atoms with Crippen LogP contribution in [0.4, 0.5) is 0 Å². The van der Waals surface area contributed by atoms with Gasteiger partial charge in [-0.3, -0.25) is 0 Å². The molecule has 4 heteroatoms. The van der Waals surface area contributed by atoms with E-state index in [-0.39, 0.29) is 11.3 Å². The third kappa shape index (κ3) is 2.60. The van der Waals surface area contributed by atoms with Crippen LogP contribution < -0.4 is 0 Å². The lowest BCUT2D eigenvalue weighted by Crippen LogP contribution is -2.23. The predicted molar refractivity (Wildman–Crippen MR) is 100 cm³/mol. The number of rotatable bonds is 1. The molecule has 126 valence electrons. The van der Waals surface area contributed by atoms with Crippen molar-refractivity contribution in [3.05, 3.63) is 54.1 Å². The van der Waals surface area contributed by atoms with Crippen LogP contribution in [0.2, 0.25) is 0 Å². The molecule has 0 spiro atoms. The molecule has 1 aromatic heterocycles. The number of nitrogens with one attached hydrogen (secondary N) is 1. The standard InChI is InChI=1S/C21H19NO3/c1-21(2,3)25-20(24)16-10-12-8-9-14-13-6-4-5-7-17(13)22-19(14)15(12)11-18(16)23/h4-11,22-23H,1-3H3. The minimum atomic E-state index is -0.611. The zero-order chi connectivity index (χ0) is 17.8. The summed E-state index contributed by atoms with van der Waals surface area (Å²) in [5, 5.41) is 14.4. The van der Waals surface area contributed by atoms with Crippen molar-refractivity contribution in [3.63, 3.8) is 0 Å². The van der Waals surface area contributed by atoms with E-state index < -0.39 is 11.6 Å². The third-order valence-corrected chi connectivity index (χ3v) is 4.23. The SMILES string of the molecule is CC(C)(C)OC(=O)c1cc2ccc3c4ccccc4[nH]c3c2cc1O. The normalized spacial score (nSPS) is 12.1. The molecule has 0 saturated carbocycles. The Balaban J connectivity index is 1.94. The second kappa shape index (κ2) is 5.24. The summed E-state index contributed by atoms with van der Waals surface area (Å²) < 4.78 is 5.38. The summed E-state index contributed by atoms with van der Waals surface area (Å²) >= 11 is 0. The van der Waals surface area contributed by atoms with E-state index in [9.17, 15) is 9.90 Å². The highest BCUT2D eigenvalue weighted by Crippen LogP contribution is 2.34. The number of fused-ring (bicyclic) bond motifs is 5. The van der Waals surface area contributed by atoms with Gasteiger partial charge >= 0.3 is 5.97 Å². The molecule has 0 fully saturated rings. The summed E-state index contributed by atoms with van der Waals surface area (Å²) in [5.41, 5.74) is 1.56. The number of aromatic amines is 1. The Labute approximate surface area is 145 Å². The van der Waals surface area contributed by atoms with E-state index in [1.807, 2.05) is 30.3 Å². The Morgan fingerprint density at radius 1 is 1.00 bits per heavy atom. The number of benzene rings is 3. The van der Waals surface area contributed by atoms with Crippen molar-refractivity contribution in [2.45, 2.75) is 26.4 Å². The molecule has 4 rings (SSSR count). The van der Waals surface area contributed by atoms with Gasteiger partial charge in [0.2, 0.25) is 0 Å². The highest BCUT2D eigenvalue weighted by atomic mass is 16.6. The number of carbonyl (C=O) groups is 1. The van der Waals surface area contributed by atoms with Gasteiger partial charge in [0, 0.05) is 21.7 Å². The van der Waals surface area contributed by atoms with Crippen molar-refractivity contribution in [1.82, 2.24) is 4.98 Å². The van der Waals surface area contributed by atoms with Gasteiger partial charge in [-0.25, -0.2) is 4.79 Å². The lowest BCUT2D eigenvalue weighted by atomic mass is 10.0. The van der Waals surface area contributed by atoms with E-state index in [1.165, 1.54) is 0 Å². The van der Waals surface area contributed by atoms with Gasteiger partial charge in [-0.15, -0.1) is 0 Å². The summed E-state index contributed by atoms with van der Waals surface area (Å²) in [5.74, 6) is -0.600. The van der Waals surface area contributed by atoms with Gasteiger partial charge in [0.15, 0.2) is 0 Å². The van der Waals surface area contributed by atoms with Crippen molar-refractivity contribution < 1.29 is 14.6 Å². The summed E-state index contributed by atoms with van der Waals surface area (Å²) in [7, 11) is 0. The summed E-state index contributed by atoms with van der Waals surface area (Å²) in [6.07, 6.45) is 0. The molecule has 2 N–H and O–H groups in total. The smallest absolute Gasteiger partial charge is 0.342 e. The average molecular weight is 333 g/mol. The molecule has 0 saturated heterocycles. The summed E-state index contributed by atoms with van der Waals surface area (Å²) in [6.45, 7) is 5.41. The van der Waals surface area contributed by atoms with Crippen molar-refractivity contribution in [3.8, 4) is 5.75 Å². The third-order valence-electron chi connectivity index (χ3n) is 4.23. The van der Waals surface area contributed by atoms with E-state index >= 15 is 0 Å². The Bertz CT molecular complexity index is 1130. The topological polar surface area (TPSA) is 62.3 Å². The second-order valence-corrected chi connectivity index (χ2v) is 7.25. The number of aromatic hydroxyl groups is 1. The first-order valence-electron chi connectivity index (χ1n) is 8.23. The molecule has 0 unspecified atom stereocenters. The van der Waals surface area contributed by atoms with Crippen molar-refractivity contribution >= 4 is 38.5 Å². The molecule has 25 heavy (non-hydrogen) atoms. The first-order chi connectivity index (χ1) is 11.8. The number of esters is 1. The molecular weight excluding hydrogens is 314 g/mol. The monoisotopic (exact) mass is 333 g/mol. The van der Waals surface area contributed by atoms with Crippen LogP contribution in [0.1, 0.15) is 31.1 Å². The van der Waals surface area contributed by atoms with E-state index in [4.69, 9.17) is 4.74 Å². The quantitative estimate of drug-likeness (QED) is 0.474. The van der Waals surface area contributed by atoms with Gasteiger partial charge < -0.3 is 14.8 Å². The van der Waals surface area contributed by atoms with E-state index in [0.717, 1.165) is 32.6 Å². The minimum Gasteiger partial charge on any atom is -0.507 e. The highest BCUT2D eigenvalue weighted by molar-refractivity contribution is 6.18. The largest absolute Gasteiger partial charge is 0.507 e. The molecule has 0 aliphatic heterocycles. The zero-order valence-corrected chi connectivity index (χ0v) is 14.4. The lowest BCUT2D eigenvalue weighted by molar-refractivity contribution is 0.00670. The molecule has 3 aromatic carbocycles. The molecule has 0 atom stereocenters. The van der Waals surface area contributed by atoms with Crippen molar-refractivity contribution in [2.24, 2.45) is 0 Å². The summed E-state index contributed by atoms with van der Waals surface area (Å²) in [6, 6.07) is 15.4. The van der Waals surface area contributed by atoms with Crippen LogP contribution in [0.3, 0.4) is 0 Å². The maximum absolute atomic E-state index is 12.3. The fraction of sp³-hybridized carbons (Fsp3) is 0.190. The minimum absolute atomic E-state index is 0.0760. The van der Waals surface area contributed by atoms with Gasteiger partial charge in [-0.1, -0.05) is 30.3 Å². The molecule has 0 amide bonds. The fourth-order valence-corrected chi connectivity index (χ4v) is 3.18. The Morgan fingerprint density at radius 3 is 2.52 bits per heavy atom. The molecule has 0 bridgehead atoms. The molecule has 0 radical (unpaired) electrons. The number of para-hydroxylation sites is 1. The first kappa shape index (κ1) is 15.5. The number of carbonyl (C=O) groups excluding carboxylic acids is 1. The second-order valence-electron chi connectivity index (χ2n) is 7.25. The molecule has 4 aromatic rings. The highest BCUT2D eigenvalue weighted by Gasteiger charge is 2.21.